The standard InChI is InChI=1S/C14H19N3O6S/c1-3-7-16-24(21,22)11-6-4-5-10(8-11)13(19)23-9(2)12(18)17-14(15)20/h4-6,8-9,16H,3,7H2,1-2H3,(H3,15,17,18,20)/t9-/m0/s1. The summed E-state index contributed by atoms with van der Waals surface area (Å²) in [5.74, 6) is -1.79. The second-order valence-electron chi connectivity index (χ2n) is 4.83. The molecule has 0 fully saturated rings. The molecule has 24 heavy (non-hydrogen) atoms. The predicted octanol–water partition coefficient (Wildman–Crippen LogP) is 0.115. The highest BCUT2D eigenvalue weighted by molar-refractivity contribution is 7.89. The maximum atomic E-state index is 12.0. The summed E-state index contributed by atoms with van der Waals surface area (Å²) in [5, 5.41) is 1.77. The van der Waals surface area contributed by atoms with Gasteiger partial charge in [0.1, 0.15) is 0 Å². The van der Waals surface area contributed by atoms with Gasteiger partial charge in [0, 0.05) is 6.54 Å². The minimum absolute atomic E-state index is 0.0481. The summed E-state index contributed by atoms with van der Waals surface area (Å²) in [7, 11) is -3.74. The molecule has 0 aliphatic rings. The second-order valence-corrected chi connectivity index (χ2v) is 6.59. The lowest BCUT2D eigenvalue weighted by Gasteiger charge is -2.12. The van der Waals surface area contributed by atoms with Crippen molar-refractivity contribution in [3.05, 3.63) is 29.8 Å². The van der Waals surface area contributed by atoms with Crippen molar-refractivity contribution in [3.8, 4) is 0 Å². The third-order valence-electron chi connectivity index (χ3n) is 2.82. The van der Waals surface area contributed by atoms with Crippen molar-refractivity contribution in [2.24, 2.45) is 5.73 Å². The molecule has 1 aromatic carbocycles. The number of esters is 1. The number of nitrogens with one attached hydrogen (secondary N) is 2. The van der Waals surface area contributed by atoms with E-state index < -0.39 is 34.0 Å². The van der Waals surface area contributed by atoms with Crippen LogP contribution in [-0.4, -0.2) is 39.0 Å². The minimum Gasteiger partial charge on any atom is -0.449 e. The fraction of sp³-hybridized carbons (Fsp3) is 0.357. The molecule has 10 heteroatoms. The molecular formula is C14H19N3O6S. The molecule has 0 aromatic heterocycles. The number of urea groups is 1. The molecule has 1 rings (SSSR count). The van der Waals surface area contributed by atoms with Crippen molar-refractivity contribution >= 4 is 27.9 Å². The predicted molar refractivity (Wildman–Crippen MR) is 84.5 cm³/mol. The van der Waals surface area contributed by atoms with E-state index in [0.717, 1.165) is 6.07 Å². The number of sulfonamides is 1. The topological polar surface area (TPSA) is 145 Å². The van der Waals surface area contributed by atoms with E-state index in [-0.39, 0.29) is 17.0 Å². The zero-order valence-corrected chi connectivity index (χ0v) is 14.1. The van der Waals surface area contributed by atoms with Crippen LogP contribution in [0.3, 0.4) is 0 Å². The van der Waals surface area contributed by atoms with Gasteiger partial charge in [0.2, 0.25) is 10.0 Å². The molecule has 1 aromatic rings. The van der Waals surface area contributed by atoms with Gasteiger partial charge in [-0.1, -0.05) is 13.0 Å². The van der Waals surface area contributed by atoms with Crippen LogP contribution in [0.15, 0.2) is 29.2 Å². The first-order valence-corrected chi connectivity index (χ1v) is 8.56. The lowest BCUT2D eigenvalue weighted by molar-refractivity contribution is -0.127. The fourth-order valence-corrected chi connectivity index (χ4v) is 2.79. The van der Waals surface area contributed by atoms with Crippen LogP contribution in [0, 0.1) is 0 Å². The number of benzene rings is 1. The molecule has 0 saturated heterocycles. The van der Waals surface area contributed by atoms with Gasteiger partial charge in [0.05, 0.1) is 10.5 Å². The number of carbonyl (C=O) groups is 3. The summed E-state index contributed by atoms with van der Waals surface area (Å²) in [6, 6.07) is 4.13. The Hall–Kier alpha value is -2.46. The summed E-state index contributed by atoms with van der Waals surface area (Å²) in [6.45, 7) is 3.33. The first-order valence-electron chi connectivity index (χ1n) is 7.08. The van der Waals surface area contributed by atoms with Crippen molar-refractivity contribution < 1.29 is 27.5 Å². The van der Waals surface area contributed by atoms with Crippen LogP contribution in [0.5, 0.6) is 0 Å². The maximum Gasteiger partial charge on any atom is 0.338 e. The highest BCUT2D eigenvalue weighted by Gasteiger charge is 2.21. The number of rotatable bonds is 7. The summed E-state index contributed by atoms with van der Waals surface area (Å²) in [5.41, 5.74) is 4.75. The van der Waals surface area contributed by atoms with Gasteiger partial charge in [0.25, 0.3) is 5.91 Å². The largest absolute Gasteiger partial charge is 0.449 e. The Labute approximate surface area is 139 Å². The average Bonchev–Trinajstić information content (AvgIpc) is 2.52. The number of ether oxygens (including phenoxy) is 1. The van der Waals surface area contributed by atoms with Crippen molar-refractivity contribution in [1.82, 2.24) is 10.0 Å². The molecular weight excluding hydrogens is 338 g/mol. The van der Waals surface area contributed by atoms with Crippen molar-refractivity contribution in [2.45, 2.75) is 31.3 Å². The van der Waals surface area contributed by atoms with Gasteiger partial charge in [-0.2, -0.15) is 0 Å². The maximum absolute atomic E-state index is 12.0. The molecule has 9 nitrogen and oxygen atoms in total. The van der Waals surface area contributed by atoms with Crippen LogP contribution in [-0.2, 0) is 19.6 Å². The second kappa shape index (κ2) is 8.41. The van der Waals surface area contributed by atoms with Gasteiger partial charge in [-0.15, -0.1) is 0 Å². The quantitative estimate of drug-likeness (QED) is 0.591. The molecule has 1 atom stereocenters. The zero-order valence-electron chi connectivity index (χ0n) is 13.2. The Bertz CT molecular complexity index is 732. The zero-order chi connectivity index (χ0) is 18.3. The minimum atomic E-state index is -3.74. The molecule has 0 unspecified atom stereocenters. The Kier molecular flexibility index (Phi) is 6.86. The summed E-state index contributed by atoms with van der Waals surface area (Å²) in [6.07, 6.45) is -0.656. The number of hydrogen-bond donors (Lipinski definition) is 3. The van der Waals surface area contributed by atoms with Gasteiger partial charge < -0.3 is 10.5 Å². The Balaban J connectivity index is 2.88. The summed E-state index contributed by atoms with van der Waals surface area (Å²) >= 11 is 0. The Morgan fingerprint density at radius 1 is 1.29 bits per heavy atom. The lowest BCUT2D eigenvalue weighted by Crippen LogP contribution is -2.42. The van der Waals surface area contributed by atoms with Crippen LogP contribution in [0.2, 0.25) is 0 Å². The molecule has 3 amide bonds. The van der Waals surface area contributed by atoms with E-state index in [9.17, 15) is 22.8 Å². The smallest absolute Gasteiger partial charge is 0.338 e. The van der Waals surface area contributed by atoms with Crippen molar-refractivity contribution in [2.75, 3.05) is 6.54 Å². The van der Waals surface area contributed by atoms with E-state index in [2.05, 4.69) is 4.72 Å². The Morgan fingerprint density at radius 2 is 1.96 bits per heavy atom. The van der Waals surface area contributed by atoms with Crippen LogP contribution >= 0.6 is 0 Å². The van der Waals surface area contributed by atoms with Gasteiger partial charge in [-0.3, -0.25) is 10.1 Å². The molecule has 0 radical (unpaired) electrons. The van der Waals surface area contributed by atoms with Crippen LogP contribution in [0.1, 0.15) is 30.6 Å². The van der Waals surface area contributed by atoms with E-state index in [1.165, 1.54) is 25.1 Å². The highest BCUT2D eigenvalue weighted by Crippen LogP contribution is 2.13. The molecule has 132 valence electrons. The molecule has 0 aliphatic heterocycles. The fourth-order valence-electron chi connectivity index (χ4n) is 1.62. The Morgan fingerprint density at radius 3 is 2.54 bits per heavy atom. The van der Waals surface area contributed by atoms with Gasteiger partial charge >= 0.3 is 12.0 Å². The number of nitrogens with two attached hydrogens (primary N) is 1. The van der Waals surface area contributed by atoms with Gasteiger partial charge in [0.15, 0.2) is 6.10 Å². The summed E-state index contributed by atoms with van der Waals surface area (Å²) in [4.78, 5) is 34.0. The number of imide groups is 1. The van der Waals surface area contributed by atoms with E-state index in [1.807, 2.05) is 6.92 Å². The van der Waals surface area contributed by atoms with Gasteiger partial charge in [-0.05, 0) is 31.5 Å². The van der Waals surface area contributed by atoms with E-state index >= 15 is 0 Å². The van der Waals surface area contributed by atoms with Crippen LogP contribution in [0.25, 0.3) is 0 Å². The molecule has 4 N–H and O–H groups in total. The van der Waals surface area contributed by atoms with Gasteiger partial charge in [-0.25, -0.2) is 22.7 Å². The first-order chi connectivity index (χ1) is 11.2. The van der Waals surface area contributed by atoms with E-state index in [0.29, 0.717) is 6.42 Å². The highest BCUT2D eigenvalue weighted by atomic mass is 32.2. The number of carbonyl (C=O) groups excluding carboxylic acids is 3. The van der Waals surface area contributed by atoms with Crippen LogP contribution in [0.4, 0.5) is 4.79 Å². The van der Waals surface area contributed by atoms with Crippen LogP contribution < -0.4 is 15.8 Å². The monoisotopic (exact) mass is 357 g/mol. The van der Waals surface area contributed by atoms with E-state index in [1.54, 1.807) is 5.32 Å². The molecule has 0 bridgehead atoms. The summed E-state index contributed by atoms with van der Waals surface area (Å²) < 4.78 is 31.3. The number of primary amides is 1. The van der Waals surface area contributed by atoms with Crippen molar-refractivity contribution in [1.29, 1.82) is 0 Å². The molecule has 0 aliphatic carbocycles. The number of hydrogen-bond acceptors (Lipinski definition) is 6. The third kappa shape index (κ3) is 5.63. The lowest BCUT2D eigenvalue weighted by atomic mass is 10.2. The molecule has 0 saturated carbocycles. The molecule has 0 heterocycles. The third-order valence-corrected chi connectivity index (χ3v) is 4.28. The average molecular weight is 357 g/mol. The van der Waals surface area contributed by atoms with Crippen molar-refractivity contribution in [3.63, 3.8) is 0 Å². The SMILES string of the molecule is CCCNS(=O)(=O)c1cccc(C(=O)O[C@@H](C)C(=O)NC(N)=O)c1. The molecule has 0 spiro atoms. The number of amides is 3. The van der Waals surface area contributed by atoms with E-state index in [4.69, 9.17) is 10.5 Å². The first kappa shape index (κ1) is 19.6. The normalized spacial score (nSPS) is 12.2.